The zero-order valence-electron chi connectivity index (χ0n) is 15.1. The number of fused-ring (bicyclic) bond motifs is 1. The smallest absolute Gasteiger partial charge is 0.336 e. The second kappa shape index (κ2) is 6.89. The van der Waals surface area contributed by atoms with Crippen molar-refractivity contribution >= 4 is 28.4 Å². The van der Waals surface area contributed by atoms with Crippen molar-refractivity contribution in [3.8, 4) is 11.1 Å². The molecule has 2 heterocycles. The maximum absolute atomic E-state index is 11.7. The van der Waals surface area contributed by atoms with E-state index in [9.17, 15) is 9.90 Å². The highest BCUT2D eigenvalue weighted by Gasteiger charge is 2.17. The summed E-state index contributed by atoms with van der Waals surface area (Å²) in [7, 11) is 0. The molecule has 0 atom stereocenters. The first-order valence-corrected chi connectivity index (χ1v) is 8.91. The van der Waals surface area contributed by atoms with Gasteiger partial charge in [-0.1, -0.05) is 18.2 Å². The zero-order valence-corrected chi connectivity index (χ0v) is 15.1. The first-order valence-electron chi connectivity index (χ1n) is 8.91. The molecule has 0 bridgehead atoms. The molecule has 2 aromatic carbocycles. The number of pyridine rings is 1. The summed E-state index contributed by atoms with van der Waals surface area (Å²) >= 11 is 0. The lowest BCUT2D eigenvalue weighted by molar-refractivity contribution is 0.0697. The molecule has 3 aromatic rings. The Morgan fingerprint density at radius 1 is 1.19 bits per heavy atom. The SMILES string of the molecule is Cc1cccc(C(=O)O)c1-c1ccc2nc(N)c(N3CCOCC3)cc2c1. The van der Waals surface area contributed by atoms with Crippen LogP contribution >= 0.6 is 0 Å². The topological polar surface area (TPSA) is 88.7 Å². The molecule has 27 heavy (non-hydrogen) atoms. The lowest BCUT2D eigenvalue weighted by Gasteiger charge is -2.29. The van der Waals surface area contributed by atoms with Crippen LogP contribution in [0.5, 0.6) is 0 Å². The molecule has 3 N–H and O–H groups in total. The van der Waals surface area contributed by atoms with Crippen LogP contribution in [0.15, 0.2) is 42.5 Å². The fourth-order valence-electron chi connectivity index (χ4n) is 3.62. The highest BCUT2D eigenvalue weighted by atomic mass is 16.5. The van der Waals surface area contributed by atoms with Crippen molar-refractivity contribution in [2.75, 3.05) is 36.9 Å². The first kappa shape index (κ1) is 17.3. The number of hydrogen-bond acceptors (Lipinski definition) is 5. The number of benzene rings is 2. The molecule has 1 aliphatic rings. The Hall–Kier alpha value is -3.12. The van der Waals surface area contributed by atoms with E-state index in [1.165, 1.54) is 0 Å². The number of aromatic nitrogens is 1. The van der Waals surface area contributed by atoms with E-state index in [2.05, 4.69) is 9.88 Å². The van der Waals surface area contributed by atoms with Gasteiger partial charge in [0.2, 0.25) is 0 Å². The summed E-state index contributed by atoms with van der Waals surface area (Å²) in [4.78, 5) is 18.4. The number of anilines is 2. The molecule has 0 amide bonds. The van der Waals surface area contributed by atoms with Crippen molar-refractivity contribution in [3.05, 3.63) is 53.6 Å². The number of carboxylic acid groups (broad SMARTS) is 1. The van der Waals surface area contributed by atoms with Crippen molar-refractivity contribution in [2.24, 2.45) is 0 Å². The van der Waals surface area contributed by atoms with E-state index in [-0.39, 0.29) is 0 Å². The Morgan fingerprint density at radius 3 is 2.70 bits per heavy atom. The largest absolute Gasteiger partial charge is 0.478 e. The number of carbonyl (C=O) groups is 1. The molecule has 4 rings (SSSR count). The van der Waals surface area contributed by atoms with Crippen molar-refractivity contribution < 1.29 is 14.6 Å². The average molecular weight is 363 g/mol. The van der Waals surface area contributed by atoms with Crippen LogP contribution in [0.2, 0.25) is 0 Å². The Labute approximate surface area is 157 Å². The van der Waals surface area contributed by atoms with Crippen LogP contribution in [0.1, 0.15) is 15.9 Å². The number of rotatable bonds is 3. The fraction of sp³-hybridized carbons (Fsp3) is 0.238. The molecule has 0 aliphatic carbocycles. The van der Waals surface area contributed by atoms with Gasteiger partial charge in [0, 0.05) is 18.5 Å². The Kier molecular flexibility index (Phi) is 4.41. The number of nitrogens with two attached hydrogens (primary N) is 1. The highest BCUT2D eigenvalue weighted by molar-refractivity contribution is 5.99. The van der Waals surface area contributed by atoms with Crippen LogP contribution in [-0.4, -0.2) is 42.4 Å². The molecule has 0 saturated carbocycles. The average Bonchev–Trinajstić information content (AvgIpc) is 2.67. The Balaban J connectivity index is 1.85. The van der Waals surface area contributed by atoms with Gasteiger partial charge in [0.25, 0.3) is 0 Å². The Bertz CT molecular complexity index is 1030. The molecule has 1 fully saturated rings. The lowest BCUT2D eigenvalue weighted by atomic mass is 9.94. The third-order valence-electron chi connectivity index (χ3n) is 4.97. The van der Waals surface area contributed by atoms with Crippen LogP contribution in [0.4, 0.5) is 11.5 Å². The second-order valence-electron chi connectivity index (χ2n) is 6.70. The van der Waals surface area contributed by atoms with E-state index < -0.39 is 5.97 Å². The normalized spacial score (nSPS) is 14.5. The van der Waals surface area contributed by atoms with Gasteiger partial charge in [0.1, 0.15) is 5.82 Å². The lowest BCUT2D eigenvalue weighted by Crippen LogP contribution is -2.36. The molecular weight excluding hydrogens is 342 g/mol. The predicted molar refractivity (Wildman–Crippen MR) is 106 cm³/mol. The van der Waals surface area contributed by atoms with E-state index in [0.717, 1.165) is 46.4 Å². The number of nitrogen functional groups attached to an aromatic ring is 1. The summed E-state index contributed by atoms with van der Waals surface area (Å²) < 4.78 is 5.42. The van der Waals surface area contributed by atoms with Crippen LogP contribution < -0.4 is 10.6 Å². The minimum Gasteiger partial charge on any atom is -0.478 e. The summed E-state index contributed by atoms with van der Waals surface area (Å²) in [5, 5.41) is 10.5. The van der Waals surface area contributed by atoms with Crippen molar-refractivity contribution in [3.63, 3.8) is 0 Å². The van der Waals surface area contributed by atoms with Gasteiger partial charge in [-0.05, 0) is 47.9 Å². The summed E-state index contributed by atoms with van der Waals surface area (Å²) in [6.07, 6.45) is 0. The third kappa shape index (κ3) is 3.19. The maximum atomic E-state index is 11.7. The number of morpholine rings is 1. The van der Waals surface area contributed by atoms with E-state index in [4.69, 9.17) is 10.5 Å². The zero-order chi connectivity index (χ0) is 19.0. The van der Waals surface area contributed by atoms with Gasteiger partial charge in [-0.25, -0.2) is 9.78 Å². The number of nitrogens with zero attached hydrogens (tertiary/aromatic N) is 2. The standard InChI is InChI=1S/C21H21N3O3/c1-13-3-2-4-16(21(25)26)19(13)14-5-6-17-15(11-14)12-18(20(22)23-17)24-7-9-27-10-8-24/h2-6,11-12H,7-10H2,1H3,(H2,22,23)(H,25,26). The summed E-state index contributed by atoms with van der Waals surface area (Å²) in [5.41, 5.74) is 10.7. The number of aryl methyl sites for hydroxylation is 1. The van der Waals surface area contributed by atoms with E-state index in [1.807, 2.05) is 37.3 Å². The van der Waals surface area contributed by atoms with Crippen molar-refractivity contribution in [2.45, 2.75) is 6.92 Å². The van der Waals surface area contributed by atoms with Gasteiger partial charge in [-0.15, -0.1) is 0 Å². The van der Waals surface area contributed by atoms with E-state index >= 15 is 0 Å². The molecule has 0 spiro atoms. The first-order chi connectivity index (χ1) is 13.0. The monoisotopic (exact) mass is 363 g/mol. The third-order valence-corrected chi connectivity index (χ3v) is 4.97. The molecule has 1 aromatic heterocycles. The molecule has 6 heteroatoms. The van der Waals surface area contributed by atoms with Gasteiger partial charge in [0.05, 0.1) is 30.0 Å². The van der Waals surface area contributed by atoms with Gasteiger partial charge in [0.15, 0.2) is 0 Å². The molecule has 0 unspecified atom stereocenters. The van der Waals surface area contributed by atoms with E-state index in [1.54, 1.807) is 12.1 Å². The van der Waals surface area contributed by atoms with Crippen LogP contribution in [0.25, 0.3) is 22.0 Å². The maximum Gasteiger partial charge on any atom is 0.336 e. The number of aromatic carboxylic acids is 1. The molecule has 1 aliphatic heterocycles. The molecular formula is C21H21N3O3. The summed E-state index contributed by atoms with van der Waals surface area (Å²) in [6, 6.07) is 13.1. The van der Waals surface area contributed by atoms with Crippen LogP contribution in [0.3, 0.4) is 0 Å². The minimum atomic E-state index is -0.932. The quantitative estimate of drug-likeness (QED) is 0.742. The molecule has 1 saturated heterocycles. The van der Waals surface area contributed by atoms with Gasteiger partial charge >= 0.3 is 5.97 Å². The van der Waals surface area contributed by atoms with Crippen molar-refractivity contribution in [1.29, 1.82) is 0 Å². The fourth-order valence-corrected chi connectivity index (χ4v) is 3.62. The molecule has 138 valence electrons. The van der Waals surface area contributed by atoms with Crippen LogP contribution in [0, 0.1) is 6.92 Å². The summed E-state index contributed by atoms with van der Waals surface area (Å²) in [5.74, 6) is -0.433. The molecule has 0 radical (unpaired) electrons. The minimum absolute atomic E-state index is 0.297. The highest BCUT2D eigenvalue weighted by Crippen LogP contribution is 2.33. The predicted octanol–water partition coefficient (Wildman–Crippen LogP) is 3.33. The molecule has 6 nitrogen and oxygen atoms in total. The number of carboxylic acids is 1. The number of ether oxygens (including phenoxy) is 1. The summed E-state index contributed by atoms with van der Waals surface area (Å²) in [6.45, 7) is 4.81. The van der Waals surface area contributed by atoms with Gasteiger partial charge in [-0.3, -0.25) is 0 Å². The second-order valence-corrected chi connectivity index (χ2v) is 6.70. The Morgan fingerprint density at radius 2 is 1.96 bits per heavy atom. The van der Waals surface area contributed by atoms with E-state index in [0.29, 0.717) is 24.6 Å². The van der Waals surface area contributed by atoms with Gasteiger partial charge in [-0.2, -0.15) is 0 Å². The van der Waals surface area contributed by atoms with Gasteiger partial charge < -0.3 is 20.5 Å². The van der Waals surface area contributed by atoms with Crippen LogP contribution in [-0.2, 0) is 4.74 Å². The number of hydrogen-bond donors (Lipinski definition) is 2. The van der Waals surface area contributed by atoms with Crippen molar-refractivity contribution in [1.82, 2.24) is 4.98 Å².